The first-order valence-corrected chi connectivity index (χ1v) is 8.36. The van der Waals surface area contributed by atoms with Gasteiger partial charge in [0.25, 0.3) is 5.91 Å². The smallest absolute Gasteiger partial charge is 0.251 e. The van der Waals surface area contributed by atoms with E-state index in [-0.39, 0.29) is 5.91 Å². The van der Waals surface area contributed by atoms with Gasteiger partial charge in [-0.15, -0.1) is 0 Å². The molecule has 1 fully saturated rings. The van der Waals surface area contributed by atoms with Gasteiger partial charge in [-0.25, -0.2) is 0 Å². The van der Waals surface area contributed by atoms with Gasteiger partial charge in [-0.1, -0.05) is 32.1 Å². The van der Waals surface area contributed by atoms with Crippen molar-refractivity contribution in [3.63, 3.8) is 0 Å². The summed E-state index contributed by atoms with van der Waals surface area (Å²) >= 11 is 0. The molecule has 0 spiro atoms. The summed E-state index contributed by atoms with van der Waals surface area (Å²) in [5, 5.41) is 3.17. The van der Waals surface area contributed by atoms with Gasteiger partial charge in [-0.2, -0.15) is 0 Å². The molecule has 0 radical (unpaired) electrons. The lowest BCUT2D eigenvalue weighted by atomic mass is 9.96. The van der Waals surface area contributed by atoms with Crippen LogP contribution in [0, 0.1) is 0 Å². The lowest BCUT2D eigenvalue weighted by Crippen LogP contribution is -2.35. The average molecular weight is 305 g/mol. The molecule has 22 heavy (non-hydrogen) atoms. The summed E-state index contributed by atoms with van der Waals surface area (Å²) in [4.78, 5) is 12.4. The Kier molecular flexibility index (Phi) is 6.56. The van der Waals surface area contributed by atoms with Gasteiger partial charge < -0.3 is 14.8 Å². The molecule has 4 nitrogen and oxygen atoms in total. The lowest BCUT2D eigenvalue weighted by Gasteiger charge is -2.21. The molecule has 4 heteroatoms. The lowest BCUT2D eigenvalue weighted by molar-refractivity contribution is 0.0930. The summed E-state index contributed by atoms with van der Waals surface area (Å²) in [6, 6.07) is 5.65. The van der Waals surface area contributed by atoms with Gasteiger partial charge >= 0.3 is 0 Å². The topological polar surface area (TPSA) is 47.6 Å². The van der Waals surface area contributed by atoms with Gasteiger partial charge in [-0.3, -0.25) is 4.79 Å². The van der Waals surface area contributed by atoms with Crippen LogP contribution in [0.15, 0.2) is 18.2 Å². The van der Waals surface area contributed by atoms with Gasteiger partial charge in [0, 0.05) is 11.6 Å². The van der Waals surface area contributed by atoms with E-state index in [4.69, 9.17) is 9.47 Å². The molecule has 1 N–H and O–H groups in total. The zero-order chi connectivity index (χ0) is 15.8. The Bertz CT molecular complexity index is 479. The van der Waals surface area contributed by atoms with Crippen molar-refractivity contribution in [1.29, 1.82) is 0 Å². The number of rotatable bonds is 5. The molecular weight excluding hydrogens is 278 g/mol. The number of amides is 1. The molecule has 122 valence electrons. The summed E-state index contributed by atoms with van der Waals surface area (Å²) in [5.41, 5.74) is 0.627. The molecule has 0 aromatic heterocycles. The van der Waals surface area contributed by atoms with Crippen LogP contribution in [0.4, 0.5) is 0 Å². The molecule has 1 saturated carbocycles. The minimum absolute atomic E-state index is 0.0214. The predicted molar refractivity (Wildman–Crippen MR) is 87.7 cm³/mol. The third-order valence-electron chi connectivity index (χ3n) is 4.17. The van der Waals surface area contributed by atoms with E-state index in [0.29, 0.717) is 29.7 Å². The normalized spacial score (nSPS) is 16.5. The van der Waals surface area contributed by atoms with E-state index >= 15 is 0 Å². The third-order valence-corrected chi connectivity index (χ3v) is 4.17. The summed E-state index contributed by atoms with van der Waals surface area (Å²) in [6.45, 7) is 2.50. The molecule has 1 amide bonds. The van der Waals surface area contributed by atoms with Crippen molar-refractivity contribution in [1.82, 2.24) is 5.32 Å². The van der Waals surface area contributed by atoms with Crippen LogP contribution in [-0.4, -0.2) is 25.7 Å². The fourth-order valence-electron chi connectivity index (χ4n) is 2.95. The molecule has 0 atom stereocenters. The van der Waals surface area contributed by atoms with Crippen LogP contribution < -0.4 is 14.8 Å². The van der Waals surface area contributed by atoms with Crippen molar-refractivity contribution in [3.8, 4) is 11.5 Å². The number of nitrogens with one attached hydrogen (secondary N) is 1. The maximum absolute atomic E-state index is 12.4. The molecule has 1 aliphatic rings. The number of benzene rings is 1. The molecular formula is C18H27NO3. The molecule has 1 aromatic carbocycles. The standard InChI is InChI=1S/C18H27NO3/c1-3-22-16-12-11-14(13-17(16)21-2)18(20)19-15-9-7-5-4-6-8-10-15/h11-13,15H,3-10H2,1-2H3,(H,19,20). The van der Waals surface area contributed by atoms with Crippen LogP contribution in [0.25, 0.3) is 0 Å². The van der Waals surface area contributed by atoms with E-state index in [1.54, 1.807) is 25.3 Å². The SMILES string of the molecule is CCOc1ccc(C(=O)NC2CCCCCCC2)cc1OC. The molecule has 1 aromatic rings. The first-order valence-electron chi connectivity index (χ1n) is 8.36. The highest BCUT2D eigenvalue weighted by molar-refractivity contribution is 5.95. The third kappa shape index (κ3) is 4.65. The molecule has 0 aliphatic heterocycles. The van der Waals surface area contributed by atoms with Crippen LogP contribution in [0.2, 0.25) is 0 Å². The van der Waals surface area contributed by atoms with E-state index < -0.39 is 0 Å². The molecule has 0 bridgehead atoms. The number of carbonyl (C=O) groups excluding carboxylic acids is 1. The quantitative estimate of drug-likeness (QED) is 0.896. The fraction of sp³-hybridized carbons (Fsp3) is 0.611. The van der Waals surface area contributed by atoms with E-state index in [1.807, 2.05) is 6.92 Å². The fourth-order valence-corrected chi connectivity index (χ4v) is 2.95. The number of methoxy groups -OCH3 is 1. The van der Waals surface area contributed by atoms with Crippen molar-refractivity contribution >= 4 is 5.91 Å². The Balaban J connectivity index is 2.01. The molecule has 1 aliphatic carbocycles. The maximum atomic E-state index is 12.4. The maximum Gasteiger partial charge on any atom is 0.251 e. The Morgan fingerprint density at radius 3 is 2.45 bits per heavy atom. The second kappa shape index (κ2) is 8.66. The van der Waals surface area contributed by atoms with Crippen LogP contribution in [0.5, 0.6) is 11.5 Å². The first-order chi connectivity index (χ1) is 10.7. The highest BCUT2D eigenvalue weighted by Crippen LogP contribution is 2.28. The van der Waals surface area contributed by atoms with Crippen molar-refractivity contribution in [2.45, 2.75) is 57.9 Å². The Hall–Kier alpha value is -1.71. The minimum Gasteiger partial charge on any atom is -0.493 e. The number of hydrogen-bond acceptors (Lipinski definition) is 3. The summed E-state index contributed by atoms with van der Waals surface area (Å²) in [5.74, 6) is 1.26. The van der Waals surface area contributed by atoms with Crippen molar-refractivity contribution in [2.24, 2.45) is 0 Å². The van der Waals surface area contributed by atoms with Gasteiger partial charge in [0.1, 0.15) is 0 Å². The predicted octanol–water partition coefficient (Wildman–Crippen LogP) is 3.94. The number of ether oxygens (including phenoxy) is 2. The van der Waals surface area contributed by atoms with Gasteiger partial charge in [0.2, 0.25) is 0 Å². The summed E-state index contributed by atoms with van der Waals surface area (Å²) in [7, 11) is 1.59. The molecule has 0 heterocycles. The van der Waals surface area contributed by atoms with Crippen LogP contribution in [0.1, 0.15) is 62.2 Å². The molecule has 2 rings (SSSR count). The van der Waals surface area contributed by atoms with Crippen LogP contribution in [0.3, 0.4) is 0 Å². The summed E-state index contributed by atoms with van der Waals surface area (Å²) < 4.78 is 10.8. The molecule has 0 unspecified atom stereocenters. The van der Waals surface area contributed by atoms with Crippen molar-refractivity contribution in [3.05, 3.63) is 23.8 Å². The van der Waals surface area contributed by atoms with E-state index in [0.717, 1.165) is 12.8 Å². The largest absolute Gasteiger partial charge is 0.493 e. The van der Waals surface area contributed by atoms with Crippen molar-refractivity contribution < 1.29 is 14.3 Å². The van der Waals surface area contributed by atoms with E-state index in [2.05, 4.69) is 5.32 Å². The molecule has 0 saturated heterocycles. The van der Waals surface area contributed by atoms with E-state index in [1.165, 1.54) is 32.1 Å². The second-order valence-electron chi connectivity index (χ2n) is 5.81. The zero-order valence-electron chi connectivity index (χ0n) is 13.7. The Morgan fingerprint density at radius 2 is 1.82 bits per heavy atom. The summed E-state index contributed by atoms with van der Waals surface area (Å²) in [6.07, 6.45) is 8.47. The van der Waals surface area contributed by atoms with Crippen LogP contribution >= 0.6 is 0 Å². The monoisotopic (exact) mass is 305 g/mol. The van der Waals surface area contributed by atoms with Gasteiger partial charge in [0.15, 0.2) is 11.5 Å². The van der Waals surface area contributed by atoms with Crippen molar-refractivity contribution in [2.75, 3.05) is 13.7 Å². The Morgan fingerprint density at radius 1 is 1.14 bits per heavy atom. The van der Waals surface area contributed by atoms with Gasteiger partial charge in [0.05, 0.1) is 13.7 Å². The highest BCUT2D eigenvalue weighted by atomic mass is 16.5. The van der Waals surface area contributed by atoms with E-state index in [9.17, 15) is 4.79 Å². The van der Waals surface area contributed by atoms with Gasteiger partial charge in [-0.05, 0) is 38.0 Å². The average Bonchev–Trinajstić information content (AvgIpc) is 2.50. The number of carbonyl (C=O) groups is 1. The second-order valence-corrected chi connectivity index (χ2v) is 5.81. The van der Waals surface area contributed by atoms with Crippen LogP contribution in [-0.2, 0) is 0 Å². The zero-order valence-corrected chi connectivity index (χ0v) is 13.7. The number of hydrogen-bond donors (Lipinski definition) is 1. The minimum atomic E-state index is -0.0214. The Labute approximate surface area is 133 Å². The first kappa shape index (κ1) is 16.7. The highest BCUT2D eigenvalue weighted by Gasteiger charge is 2.16.